The molecule has 0 saturated carbocycles. The van der Waals surface area contributed by atoms with Gasteiger partial charge in [-0.1, -0.05) is 177 Å². The van der Waals surface area contributed by atoms with Crippen molar-refractivity contribution in [1.82, 2.24) is 4.57 Å². The summed E-state index contributed by atoms with van der Waals surface area (Å²) in [7, 11) is 0. The van der Waals surface area contributed by atoms with E-state index in [1.165, 1.54) is 43.3 Å². The first kappa shape index (κ1) is 37.2. The normalized spacial score (nSPS) is 17.0. The minimum absolute atomic E-state index is 0.0922. The van der Waals surface area contributed by atoms with E-state index in [1.54, 1.807) is 0 Å². The number of aromatic nitrogens is 1. The summed E-state index contributed by atoms with van der Waals surface area (Å²) in [5.74, 6) is 0.743. The van der Waals surface area contributed by atoms with Crippen molar-refractivity contribution >= 4 is 93.3 Å². The van der Waals surface area contributed by atoms with Gasteiger partial charge in [0.25, 0.3) is 0 Å². The molecule has 3 heterocycles. The van der Waals surface area contributed by atoms with Gasteiger partial charge in [0.2, 0.25) is 0 Å². The Bertz CT molecular complexity index is 3990. The maximum atomic E-state index is 7.10. The summed E-state index contributed by atoms with van der Waals surface area (Å²) in [6, 6.07) is 73.9. The van der Waals surface area contributed by atoms with Gasteiger partial charge in [-0.2, -0.15) is 0 Å². The van der Waals surface area contributed by atoms with E-state index in [4.69, 9.17) is 14.4 Å². The van der Waals surface area contributed by atoms with Crippen molar-refractivity contribution in [2.24, 2.45) is 15.9 Å². The Morgan fingerprint density at radius 1 is 0.462 bits per heavy atom. The summed E-state index contributed by atoms with van der Waals surface area (Å²) in [5.41, 5.74) is 12.2. The molecule has 4 nitrogen and oxygen atoms in total. The minimum atomic E-state index is 0.0922. The van der Waals surface area contributed by atoms with Crippen molar-refractivity contribution in [2.75, 3.05) is 0 Å². The van der Waals surface area contributed by atoms with Crippen LogP contribution in [-0.4, -0.2) is 16.1 Å². The Kier molecular flexibility index (Phi) is 8.53. The van der Waals surface area contributed by atoms with Crippen molar-refractivity contribution in [2.45, 2.75) is 13.3 Å². The maximum absolute atomic E-state index is 7.10. The SMILES string of the molecule is CC1C/C=C(c2cccc3ccccc23)/N=C(c2ccc(-n3c4cc5ccccc5cc4c4c5ccccc5ccc43)c3oc4ccccc4c23)\N=C/1c1cccc(-c2ccccc2)c1. The molecule has 0 bridgehead atoms. The third kappa shape index (κ3) is 6.06. The zero-order valence-corrected chi connectivity index (χ0v) is 35.7. The number of nitrogens with zero attached hydrogens (tertiary/aromatic N) is 3. The number of benzene rings is 10. The molecule has 0 N–H and O–H groups in total. The summed E-state index contributed by atoms with van der Waals surface area (Å²) in [5, 5.41) is 11.6. The average Bonchev–Trinajstić information content (AvgIpc) is 3.91. The highest BCUT2D eigenvalue weighted by molar-refractivity contribution is 6.26. The van der Waals surface area contributed by atoms with Crippen LogP contribution in [0, 0.1) is 5.92 Å². The summed E-state index contributed by atoms with van der Waals surface area (Å²) < 4.78 is 9.50. The van der Waals surface area contributed by atoms with Crippen LogP contribution in [0.25, 0.3) is 98.6 Å². The Morgan fingerprint density at radius 3 is 1.97 bits per heavy atom. The average molecular weight is 832 g/mol. The topological polar surface area (TPSA) is 42.8 Å². The Labute approximate surface area is 375 Å². The lowest BCUT2D eigenvalue weighted by molar-refractivity contribution is 0.666. The molecule has 13 rings (SSSR count). The Hall–Kier alpha value is -8.34. The number of hydrogen-bond donors (Lipinski definition) is 0. The fourth-order valence-electron chi connectivity index (χ4n) is 10.3. The molecule has 12 aromatic rings. The second-order valence-electron chi connectivity index (χ2n) is 17.3. The van der Waals surface area contributed by atoms with Gasteiger partial charge in [-0.3, -0.25) is 0 Å². The second kappa shape index (κ2) is 14.9. The van der Waals surface area contributed by atoms with E-state index in [1.807, 2.05) is 0 Å². The number of hydrogen-bond acceptors (Lipinski definition) is 3. The van der Waals surface area contributed by atoms with Crippen LogP contribution in [0.5, 0.6) is 0 Å². The van der Waals surface area contributed by atoms with Gasteiger partial charge in [0.15, 0.2) is 11.4 Å². The third-order valence-corrected chi connectivity index (χ3v) is 13.4. The van der Waals surface area contributed by atoms with E-state index in [9.17, 15) is 0 Å². The molecule has 4 heteroatoms. The molecule has 2 aromatic heterocycles. The van der Waals surface area contributed by atoms with Crippen LogP contribution in [0.2, 0.25) is 0 Å². The van der Waals surface area contributed by atoms with Crippen molar-refractivity contribution in [3.63, 3.8) is 0 Å². The molecule has 1 aliphatic rings. The lowest BCUT2D eigenvalue weighted by Crippen LogP contribution is -2.17. The zero-order valence-electron chi connectivity index (χ0n) is 35.7. The molecule has 1 unspecified atom stereocenters. The maximum Gasteiger partial charge on any atom is 0.160 e. The van der Waals surface area contributed by atoms with Crippen LogP contribution in [0.4, 0.5) is 0 Å². The number of furan rings is 1. The van der Waals surface area contributed by atoms with Crippen molar-refractivity contribution in [3.05, 3.63) is 229 Å². The fourth-order valence-corrected chi connectivity index (χ4v) is 10.3. The van der Waals surface area contributed by atoms with Crippen molar-refractivity contribution in [3.8, 4) is 16.8 Å². The zero-order chi connectivity index (χ0) is 43.0. The molecule has 0 radical (unpaired) electrons. The summed E-state index contributed by atoms with van der Waals surface area (Å²) in [4.78, 5) is 11.4. The minimum Gasteiger partial charge on any atom is -0.454 e. The van der Waals surface area contributed by atoms with Gasteiger partial charge in [-0.05, 0) is 97.9 Å². The highest BCUT2D eigenvalue weighted by Crippen LogP contribution is 2.43. The number of rotatable bonds is 5. The van der Waals surface area contributed by atoms with E-state index in [2.05, 4.69) is 224 Å². The molecule has 0 saturated heterocycles. The predicted octanol–water partition coefficient (Wildman–Crippen LogP) is 16.1. The molecule has 1 atom stereocenters. The molecular formula is C61H41N3O. The highest BCUT2D eigenvalue weighted by atomic mass is 16.3. The Balaban J connectivity index is 1.11. The standard InChI is InChI=1S/C61H41N3O/c1-38-29-32-52(48-27-14-21-40-17-7-9-24-46(40)48)62-61(63-59(38)45-23-13-22-42(35-45)39-15-3-2-4-16-39)50-31-34-54(60-58(50)49-26-11-12-28-56(49)65-60)64-53-33-30-41-18-8-10-25-47(41)57(53)51-36-43-19-5-6-20-44(43)37-55(51)64/h2-28,30-38H,29H2,1H3/b52-32+,62-61-,63-59+. The van der Waals surface area contributed by atoms with E-state index < -0.39 is 0 Å². The summed E-state index contributed by atoms with van der Waals surface area (Å²) >= 11 is 0. The number of fused-ring (bicyclic) bond motifs is 10. The predicted molar refractivity (Wildman–Crippen MR) is 274 cm³/mol. The van der Waals surface area contributed by atoms with Gasteiger partial charge >= 0.3 is 0 Å². The number of allylic oxidation sites excluding steroid dienone is 1. The second-order valence-corrected chi connectivity index (χ2v) is 17.3. The van der Waals surface area contributed by atoms with Crippen LogP contribution < -0.4 is 0 Å². The number of amidine groups is 1. The molecule has 0 amide bonds. The van der Waals surface area contributed by atoms with Gasteiger partial charge in [0.1, 0.15) is 5.58 Å². The molecule has 306 valence electrons. The first-order valence-electron chi connectivity index (χ1n) is 22.5. The van der Waals surface area contributed by atoms with Crippen LogP contribution in [0.1, 0.15) is 30.0 Å². The van der Waals surface area contributed by atoms with Gasteiger partial charge in [0, 0.05) is 38.6 Å². The van der Waals surface area contributed by atoms with Crippen molar-refractivity contribution in [1.29, 1.82) is 0 Å². The quantitative estimate of drug-likeness (QED) is 0.170. The largest absolute Gasteiger partial charge is 0.454 e. The Morgan fingerprint density at radius 2 is 1.12 bits per heavy atom. The molecule has 0 aliphatic carbocycles. The molecule has 10 aromatic carbocycles. The third-order valence-electron chi connectivity index (χ3n) is 13.4. The summed E-state index contributed by atoms with van der Waals surface area (Å²) in [6.07, 6.45) is 3.10. The monoisotopic (exact) mass is 831 g/mol. The van der Waals surface area contributed by atoms with Gasteiger partial charge in [-0.25, -0.2) is 9.98 Å². The highest BCUT2D eigenvalue weighted by Gasteiger charge is 2.26. The van der Waals surface area contributed by atoms with Crippen LogP contribution >= 0.6 is 0 Å². The van der Waals surface area contributed by atoms with E-state index >= 15 is 0 Å². The lowest BCUT2D eigenvalue weighted by atomic mass is 9.91. The van der Waals surface area contributed by atoms with E-state index in [-0.39, 0.29) is 5.92 Å². The molecule has 65 heavy (non-hydrogen) atoms. The van der Waals surface area contributed by atoms with E-state index in [0.717, 1.165) is 84.1 Å². The van der Waals surface area contributed by atoms with E-state index in [0.29, 0.717) is 5.84 Å². The number of para-hydroxylation sites is 1. The van der Waals surface area contributed by atoms with Gasteiger partial charge < -0.3 is 8.98 Å². The van der Waals surface area contributed by atoms with Crippen LogP contribution in [0.3, 0.4) is 0 Å². The fraction of sp³-hybridized carbons (Fsp3) is 0.0492. The first-order chi connectivity index (χ1) is 32.1. The van der Waals surface area contributed by atoms with Crippen LogP contribution in [0.15, 0.2) is 227 Å². The molecule has 0 spiro atoms. The lowest BCUT2D eigenvalue weighted by Gasteiger charge is -2.20. The van der Waals surface area contributed by atoms with Crippen molar-refractivity contribution < 1.29 is 4.42 Å². The van der Waals surface area contributed by atoms with Crippen LogP contribution in [-0.2, 0) is 0 Å². The molecular weight excluding hydrogens is 791 g/mol. The molecule has 0 fully saturated rings. The summed E-state index contributed by atoms with van der Waals surface area (Å²) in [6.45, 7) is 2.29. The van der Waals surface area contributed by atoms with Gasteiger partial charge in [0.05, 0.1) is 28.1 Å². The molecule has 1 aliphatic heterocycles. The first-order valence-corrected chi connectivity index (χ1v) is 22.5. The smallest absolute Gasteiger partial charge is 0.160 e. The van der Waals surface area contributed by atoms with Gasteiger partial charge in [-0.15, -0.1) is 0 Å². The number of aliphatic imine (C=N–C) groups is 2.